The fourth-order valence-electron chi connectivity index (χ4n) is 3.12. The van der Waals surface area contributed by atoms with Crippen molar-refractivity contribution in [2.75, 3.05) is 5.75 Å². The maximum absolute atomic E-state index is 2.54. The van der Waals surface area contributed by atoms with Gasteiger partial charge in [0.1, 0.15) is 0 Å². The minimum atomic E-state index is -2.11. The summed E-state index contributed by atoms with van der Waals surface area (Å²) in [7, 11) is 0. The number of thiophene rings is 1. The van der Waals surface area contributed by atoms with E-state index in [4.69, 9.17) is 0 Å². The van der Waals surface area contributed by atoms with Crippen molar-refractivity contribution in [3.63, 3.8) is 0 Å². The number of thioether (sulfide) groups is 1. The van der Waals surface area contributed by atoms with Crippen molar-refractivity contribution in [3.05, 3.63) is 12.1 Å². The number of hydrogen-bond acceptors (Lipinski definition) is 2. The second kappa shape index (κ2) is 11.4. The predicted molar refractivity (Wildman–Crippen MR) is 105 cm³/mol. The van der Waals surface area contributed by atoms with Crippen LogP contribution < -0.4 is 2.89 Å². The number of hydrogen-bond donors (Lipinski definition) is 0. The molecule has 0 saturated heterocycles. The molecule has 0 aliphatic carbocycles. The second-order valence-electron chi connectivity index (χ2n) is 6.14. The fourth-order valence-corrected chi connectivity index (χ4v) is 24.9. The van der Waals surface area contributed by atoms with E-state index in [1.165, 1.54) is 44.3 Å². The topological polar surface area (TPSA) is 0 Å². The van der Waals surface area contributed by atoms with Crippen LogP contribution in [0.25, 0.3) is 0 Å². The molecule has 1 aromatic heterocycles. The molecule has 0 nitrogen and oxygen atoms in total. The van der Waals surface area contributed by atoms with Gasteiger partial charge in [0.15, 0.2) is 0 Å². The summed E-state index contributed by atoms with van der Waals surface area (Å²) in [6.45, 7) is 9.36. The van der Waals surface area contributed by atoms with Crippen LogP contribution in [0.2, 0.25) is 13.3 Å². The summed E-state index contributed by atoms with van der Waals surface area (Å²) in [5.41, 5.74) is 0. The van der Waals surface area contributed by atoms with Crippen LogP contribution in [-0.4, -0.2) is 24.1 Å². The second-order valence-corrected chi connectivity index (χ2v) is 23.0. The van der Waals surface area contributed by atoms with E-state index >= 15 is 0 Å². The average Bonchev–Trinajstić information content (AvgIpc) is 2.96. The Labute approximate surface area is 145 Å². The van der Waals surface area contributed by atoms with Gasteiger partial charge in [-0.15, -0.1) is 0 Å². The molecule has 0 unspecified atom stereocenters. The Bertz CT molecular complexity index is 351. The van der Waals surface area contributed by atoms with Gasteiger partial charge in [-0.25, -0.2) is 0 Å². The molecule has 0 aromatic carbocycles. The molecule has 1 rings (SSSR count). The molecule has 122 valence electrons. The number of unbranched alkanes of at least 4 members (excludes halogenated alkanes) is 3. The van der Waals surface area contributed by atoms with Gasteiger partial charge in [0.05, 0.1) is 0 Å². The molecule has 0 atom stereocenters. The first kappa shape index (κ1) is 19.9. The van der Waals surface area contributed by atoms with Crippen molar-refractivity contribution in [3.8, 4) is 0 Å². The summed E-state index contributed by atoms with van der Waals surface area (Å²) in [6.07, 6.45) is 8.53. The Hall–Kier alpha value is 0.849. The van der Waals surface area contributed by atoms with Crippen molar-refractivity contribution in [1.29, 1.82) is 0 Å². The minimum absolute atomic E-state index is 1.21. The molecule has 1 heterocycles. The van der Waals surface area contributed by atoms with Crippen LogP contribution in [0.1, 0.15) is 66.2 Å². The van der Waals surface area contributed by atoms with Crippen LogP contribution in [0.3, 0.4) is 0 Å². The van der Waals surface area contributed by atoms with E-state index in [1.807, 2.05) is 14.7 Å². The van der Waals surface area contributed by atoms with E-state index in [0.29, 0.717) is 0 Å². The third-order valence-electron chi connectivity index (χ3n) is 4.42. The molecule has 3 heteroatoms. The average molecular weight is 433 g/mol. The van der Waals surface area contributed by atoms with Gasteiger partial charge < -0.3 is 0 Å². The van der Waals surface area contributed by atoms with Crippen LogP contribution in [0.15, 0.2) is 16.3 Å². The Morgan fingerprint density at radius 3 is 1.81 bits per heavy atom. The summed E-state index contributed by atoms with van der Waals surface area (Å²) in [5.74, 6) is 1.21. The van der Waals surface area contributed by atoms with Crippen LogP contribution >= 0.6 is 23.1 Å². The molecule has 0 aliphatic heterocycles. The van der Waals surface area contributed by atoms with E-state index < -0.39 is 18.4 Å². The van der Waals surface area contributed by atoms with Gasteiger partial charge in [-0.2, -0.15) is 0 Å². The van der Waals surface area contributed by atoms with Crippen molar-refractivity contribution >= 4 is 44.4 Å². The Morgan fingerprint density at radius 2 is 1.38 bits per heavy atom. The first-order valence-electron chi connectivity index (χ1n) is 8.95. The zero-order valence-electron chi connectivity index (χ0n) is 14.5. The van der Waals surface area contributed by atoms with Crippen molar-refractivity contribution in [2.45, 2.75) is 83.7 Å². The predicted octanol–water partition coefficient (Wildman–Crippen LogP) is 6.92. The van der Waals surface area contributed by atoms with Gasteiger partial charge in [-0.3, -0.25) is 0 Å². The van der Waals surface area contributed by atoms with Crippen molar-refractivity contribution in [2.24, 2.45) is 0 Å². The standard InChI is InChI=1S/C6H7S2.3C4H9.Sn/c1-2-7-6-4-3-5-8-6;3*1-3-4-2;/h3-4H,2H2,1H3;3*1,3-4H2,2H3;. The first-order valence-corrected chi connectivity index (χ1v) is 18.2. The van der Waals surface area contributed by atoms with Crippen molar-refractivity contribution in [1.82, 2.24) is 0 Å². The summed E-state index contributed by atoms with van der Waals surface area (Å²) < 4.78 is 8.25. The van der Waals surface area contributed by atoms with Gasteiger partial charge in [0, 0.05) is 0 Å². The van der Waals surface area contributed by atoms with Crippen LogP contribution in [0.4, 0.5) is 0 Å². The van der Waals surface area contributed by atoms with E-state index in [-0.39, 0.29) is 0 Å². The molecule has 0 saturated carbocycles. The molecule has 1 aromatic rings. The zero-order valence-corrected chi connectivity index (χ0v) is 19.0. The molecular weight excluding hydrogens is 399 g/mol. The van der Waals surface area contributed by atoms with Gasteiger partial charge in [-0.05, 0) is 0 Å². The van der Waals surface area contributed by atoms with Crippen LogP contribution in [0, 0.1) is 0 Å². The van der Waals surface area contributed by atoms with Crippen LogP contribution in [0.5, 0.6) is 0 Å². The molecule has 0 radical (unpaired) electrons. The fraction of sp³-hybridized carbons (Fsp3) is 0.778. The molecule has 0 fully saturated rings. The SMILES string of the molecule is CCC[CH2][Sn]([CH2]CCC)([CH2]CCC)[c]1ccc(SCC)s1. The molecule has 0 N–H and O–H groups in total. The zero-order chi connectivity index (χ0) is 15.6. The third-order valence-corrected chi connectivity index (χ3v) is 24.9. The third kappa shape index (κ3) is 6.46. The van der Waals surface area contributed by atoms with E-state index in [0.717, 1.165) is 0 Å². The Balaban J connectivity index is 2.97. The van der Waals surface area contributed by atoms with E-state index in [9.17, 15) is 0 Å². The molecular formula is C18H34S2Sn. The Morgan fingerprint density at radius 1 is 0.857 bits per heavy atom. The van der Waals surface area contributed by atoms with Gasteiger partial charge in [-0.1, -0.05) is 0 Å². The molecule has 21 heavy (non-hydrogen) atoms. The van der Waals surface area contributed by atoms with Gasteiger partial charge >= 0.3 is 146 Å². The summed E-state index contributed by atoms with van der Waals surface area (Å²) in [5, 5.41) is 0. The molecule has 0 spiro atoms. The monoisotopic (exact) mass is 434 g/mol. The molecule has 0 amide bonds. The summed E-state index contributed by atoms with van der Waals surface area (Å²) >= 11 is 2.10. The van der Waals surface area contributed by atoms with Gasteiger partial charge in [0.2, 0.25) is 0 Å². The normalized spacial score (nSPS) is 12.0. The number of rotatable bonds is 12. The van der Waals surface area contributed by atoms with Gasteiger partial charge in [0.25, 0.3) is 0 Å². The maximum atomic E-state index is 2.54. The van der Waals surface area contributed by atoms with Crippen molar-refractivity contribution < 1.29 is 0 Å². The van der Waals surface area contributed by atoms with E-state index in [1.54, 1.807) is 17.5 Å². The molecule has 0 bridgehead atoms. The van der Waals surface area contributed by atoms with Crippen LogP contribution in [-0.2, 0) is 0 Å². The molecule has 0 aliphatic rings. The summed E-state index contributed by atoms with van der Waals surface area (Å²) in [6, 6.07) is 4.96. The Kier molecular flexibility index (Phi) is 10.8. The quantitative estimate of drug-likeness (QED) is 0.255. The first-order chi connectivity index (χ1) is 10.2. The van der Waals surface area contributed by atoms with E-state index in [2.05, 4.69) is 51.2 Å². The summed E-state index contributed by atoms with van der Waals surface area (Å²) in [4.78, 5) is 0.